The average molecular weight is 504 g/mol. The molecule has 1 heterocycles. The predicted octanol–water partition coefficient (Wildman–Crippen LogP) is 4.11. The molecule has 4 nitrogen and oxygen atoms in total. The largest absolute Gasteiger partial charge is 0.416 e. The molecule has 8 heteroatoms. The van der Waals surface area contributed by atoms with Crippen LogP contribution in [-0.2, 0) is 19.8 Å². The summed E-state index contributed by atoms with van der Waals surface area (Å²) < 4.78 is 40.2. The number of aromatic nitrogens is 1. The molecule has 1 N–H and O–H groups in total. The summed E-state index contributed by atoms with van der Waals surface area (Å²) in [6.45, 7) is 3.55. The Morgan fingerprint density at radius 2 is 2.00 bits per heavy atom. The first kappa shape index (κ1) is 23.9. The fourth-order valence-electron chi connectivity index (χ4n) is 2.48. The van der Waals surface area contributed by atoms with Crippen molar-refractivity contribution in [2.75, 3.05) is 20.1 Å². The third-order valence-corrected chi connectivity index (χ3v) is 3.88. The molecule has 0 bridgehead atoms. The minimum atomic E-state index is -4.37. The molecular weight excluding hydrogens is 480 g/mol. The van der Waals surface area contributed by atoms with Gasteiger partial charge >= 0.3 is 6.18 Å². The fourth-order valence-corrected chi connectivity index (χ4v) is 2.48. The molecule has 0 atom stereocenters. The summed E-state index contributed by atoms with van der Waals surface area (Å²) >= 11 is 0. The van der Waals surface area contributed by atoms with Crippen LogP contribution in [-0.4, -0.2) is 35.6 Å². The fraction of sp³-hybridized carbons (Fsp3) is 0.350. The van der Waals surface area contributed by atoms with E-state index in [4.69, 9.17) is 0 Å². The number of hydrogen-bond acceptors (Lipinski definition) is 1. The minimum Gasteiger partial charge on any atom is -0.356 e. The first-order valence-electron chi connectivity index (χ1n) is 8.57. The molecule has 0 saturated heterocycles. The highest BCUT2D eigenvalue weighted by molar-refractivity contribution is 14.0. The molecule has 0 aliphatic carbocycles. The Kier molecular flexibility index (Phi) is 9.38. The summed E-state index contributed by atoms with van der Waals surface area (Å²) in [5, 5.41) is 3.19. The molecule has 2 aromatic rings. The quantitative estimate of drug-likeness (QED) is 0.294. The number of halogens is 4. The van der Waals surface area contributed by atoms with E-state index in [-0.39, 0.29) is 30.5 Å². The smallest absolute Gasteiger partial charge is 0.356 e. The summed E-state index contributed by atoms with van der Waals surface area (Å²) in [6, 6.07) is 9.00. The van der Waals surface area contributed by atoms with Crippen molar-refractivity contribution in [3.63, 3.8) is 0 Å². The van der Waals surface area contributed by atoms with Crippen molar-refractivity contribution in [1.29, 1.82) is 0 Å². The van der Waals surface area contributed by atoms with Gasteiger partial charge in [-0.3, -0.25) is 0 Å². The summed E-state index contributed by atoms with van der Waals surface area (Å²) in [5.41, 5.74) is 0.758. The third kappa shape index (κ3) is 7.11. The maximum atomic E-state index is 12.7. The highest BCUT2D eigenvalue weighted by Gasteiger charge is 2.30. The van der Waals surface area contributed by atoms with Crippen molar-refractivity contribution < 1.29 is 13.2 Å². The van der Waals surface area contributed by atoms with Gasteiger partial charge in [0.15, 0.2) is 5.96 Å². The number of rotatable bonds is 4. The second-order valence-electron chi connectivity index (χ2n) is 6.02. The second kappa shape index (κ2) is 11.0. The van der Waals surface area contributed by atoms with Gasteiger partial charge in [-0.1, -0.05) is 17.9 Å². The summed E-state index contributed by atoms with van der Waals surface area (Å²) in [5.74, 6) is 6.25. The summed E-state index contributed by atoms with van der Waals surface area (Å²) in [4.78, 5) is 6.41. The van der Waals surface area contributed by atoms with Crippen molar-refractivity contribution in [3.05, 3.63) is 59.4 Å². The van der Waals surface area contributed by atoms with Crippen LogP contribution in [0.3, 0.4) is 0 Å². The molecule has 0 spiro atoms. The van der Waals surface area contributed by atoms with Crippen LogP contribution in [0.2, 0.25) is 0 Å². The maximum Gasteiger partial charge on any atom is 0.416 e. The number of nitrogens with zero attached hydrogens (tertiary/aromatic N) is 3. The number of guanidine groups is 1. The molecule has 2 rings (SSSR count). The molecule has 0 aliphatic rings. The Bertz CT molecular complexity index is 847. The van der Waals surface area contributed by atoms with Crippen LogP contribution >= 0.6 is 24.0 Å². The zero-order chi connectivity index (χ0) is 19.9. The SMILES string of the molecule is CCNC(=NCC#Cc1cccc(C(F)(F)F)c1)N(C)Cc1cccn1C.I. The number of alkyl halides is 3. The zero-order valence-electron chi connectivity index (χ0n) is 16.0. The van der Waals surface area contributed by atoms with E-state index in [0.717, 1.165) is 17.8 Å². The highest BCUT2D eigenvalue weighted by Crippen LogP contribution is 2.29. The maximum absolute atomic E-state index is 12.7. The molecule has 1 aromatic carbocycles. The number of nitrogens with one attached hydrogen (secondary N) is 1. The molecule has 0 unspecified atom stereocenters. The van der Waals surface area contributed by atoms with Crippen molar-refractivity contribution in [2.45, 2.75) is 19.6 Å². The normalized spacial score (nSPS) is 11.3. The lowest BCUT2D eigenvalue weighted by Gasteiger charge is -2.22. The van der Waals surface area contributed by atoms with Crippen LogP contribution in [0.1, 0.15) is 23.7 Å². The highest BCUT2D eigenvalue weighted by atomic mass is 127. The molecule has 0 amide bonds. The van der Waals surface area contributed by atoms with Crippen LogP contribution < -0.4 is 5.32 Å². The van der Waals surface area contributed by atoms with E-state index in [9.17, 15) is 13.2 Å². The molecule has 28 heavy (non-hydrogen) atoms. The van der Waals surface area contributed by atoms with Crippen molar-refractivity contribution in [3.8, 4) is 11.8 Å². The van der Waals surface area contributed by atoms with Crippen LogP contribution in [0.15, 0.2) is 47.6 Å². The summed E-state index contributed by atoms with van der Waals surface area (Å²) in [7, 11) is 3.91. The van der Waals surface area contributed by atoms with Gasteiger partial charge in [-0.2, -0.15) is 13.2 Å². The molecule has 0 radical (unpaired) electrons. The lowest BCUT2D eigenvalue weighted by molar-refractivity contribution is -0.137. The van der Waals surface area contributed by atoms with Crippen LogP contribution in [0.5, 0.6) is 0 Å². The standard InChI is InChI=1S/C20H23F3N4.HI/c1-4-24-19(27(3)15-18-11-7-13-26(18)2)25-12-6-9-16-8-5-10-17(14-16)20(21,22)23;/h5,7-8,10-11,13-14H,4,12,15H2,1-3H3,(H,24,25);1H. The monoisotopic (exact) mass is 504 g/mol. The van der Waals surface area contributed by atoms with Gasteiger partial charge < -0.3 is 14.8 Å². The molecular formula is C20H24F3IN4. The van der Waals surface area contributed by atoms with Gasteiger partial charge in [-0.15, -0.1) is 24.0 Å². The van der Waals surface area contributed by atoms with Gasteiger partial charge in [0.25, 0.3) is 0 Å². The van der Waals surface area contributed by atoms with Crippen LogP contribution in [0.4, 0.5) is 13.2 Å². The Morgan fingerprint density at radius 1 is 1.25 bits per heavy atom. The molecule has 0 saturated carbocycles. The van der Waals surface area contributed by atoms with Gasteiger partial charge in [0.1, 0.15) is 6.54 Å². The second-order valence-corrected chi connectivity index (χ2v) is 6.02. The minimum absolute atomic E-state index is 0. The van der Waals surface area contributed by atoms with E-state index in [2.05, 4.69) is 22.2 Å². The average Bonchev–Trinajstić information content (AvgIpc) is 3.02. The topological polar surface area (TPSA) is 32.6 Å². The first-order valence-corrected chi connectivity index (χ1v) is 8.57. The lowest BCUT2D eigenvalue weighted by Crippen LogP contribution is -2.38. The molecule has 0 fully saturated rings. The van der Waals surface area contributed by atoms with E-state index in [1.807, 2.05) is 48.8 Å². The third-order valence-electron chi connectivity index (χ3n) is 3.88. The van der Waals surface area contributed by atoms with Gasteiger partial charge in [-0.25, -0.2) is 4.99 Å². The molecule has 0 aliphatic heterocycles. The number of benzene rings is 1. The zero-order valence-corrected chi connectivity index (χ0v) is 18.4. The Balaban J connectivity index is 0.00000392. The molecule has 1 aromatic heterocycles. The Hall–Kier alpha value is -2.15. The van der Waals surface area contributed by atoms with Crippen molar-refractivity contribution in [2.24, 2.45) is 12.0 Å². The van der Waals surface area contributed by atoms with Crippen molar-refractivity contribution >= 4 is 29.9 Å². The number of aliphatic imine (C=N–C) groups is 1. The molecule has 152 valence electrons. The van der Waals surface area contributed by atoms with Crippen molar-refractivity contribution in [1.82, 2.24) is 14.8 Å². The first-order chi connectivity index (χ1) is 12.8. The van der Waals surface area contributed by atoms with E-state index < -0.39 is 11.7 Å². The Labute approximate surface area is 180 Å². The summed E-state index contributed by atoms with van der Waals surface area (Å²) in [6.07, 6.45) is -2.39. The predicted molar refractivity (Wildman–Crippen MR) is 117 cm³/mol. The van der Waals surface area contributed by atoms with Gasteiger partial charge in [0.2, 0.25) is 0 Å². The van der Waals surface area contributed by atoms with E-state index >= 15 is 0 Å². The van der Waals surface area contributed by atoms with Gasteiger partial charge in [0.05, 0.1) is 12.1 Å². The van der Waals surface area contributed by atoms with Crippen LogP contribution in [0, 0.1) is 11.8 Å². The number of aryl methyl sites for hydroxylation is 1. The number of hydrogen-bond donors (Lipinski definition) is 1. The van der Waals surface area contributed by atoms with Crippen LogP contribution in [0.25, 0.3) is 0 Å². The van der Waals surface area contributed by atoms with E-state index in [1.165, 1.54) is 6.07 Å². The van der Waals surface area contributed by atoms with E-state index in [1.54, 1.807) is 6.07 Å². The van der Waals surface area contributed by atoms with Gasteiger partial charge in [0, 0.05) is 38.1 Å². The Morgan fingerprint density at radius 3 is 2.61 bits per heavy atom. The van der Waals surface area contributed by atoms with E-state index in [0.29, 0.717) is 24.6 Å². The van der Waals surface area contributed by atoms with Gasteiger partial charge in [-0.05, 0) is 37.3 Å². The lowest BCUT2D eigenvalue weighted by atomic mass is 10.1.